The van der Waals surface area contributed by atoms with E-state index in [1.807, 2.05) is 6.07 Å². The lowest BCUT2D eigenvalue weighted by Crippen LogP contribution is -2.38. The predicted molar refractivity (Wildman–Crippen MR) is 83.8 cm³/mol. The Bertz CT molecular complexity index is 567. The Labute approximate surface area is 129 Å². The van der Waals surface area contributed by atoms with Gasteiger partial charge in [0.15, 0.2) is 0 Å². The van der Waals surface area contributed by atoms with E-state index in [1.165, 1.54) is 0 Å². The summed E-state index contributed by atoms with van der Waals surface area (Å²) in [5.74, 6) is 0.653. The minimum atomic E-state index is -3.43. The lowest BCUT2D eigenvalue weighted by atomic mass is 9.96. The Kier molecular flexibility index (Phi) is 5.23. The third kappa shape index (κ3) is 3.24. The Morgan fingerprint density at radius 3 is 2.55 bits per heavy atom. The molecule has 0 saturated carbocycles. The van der Waals surface area contributed by atoms with Crippen molar-refractivity contribution in [3.05, 3.63) is 28.2 Å². The largest absolute Gasteiger partial charge is 0.326 e. The van der Waals surface area contributed by atoms with Gasteiger partial charge in [0.2, 0.25) is 10.0 Å². The van der Waals surface area contributed by atoms with Crippen LogP contribution in [-0.4, -0.2) is 25.8 Å². The molecule has 1 aliphatic rings. The summed E-state index contributed by atoms with van der Waals surface area (Å²) < 4.78 is 27.7. The summed E-state index contributed by atoms with van der Waals surface area (Å²) in [6.45, 7) is 3.73. The molecule has 1 saturated heterocycles. The standard InChI is InChI=1S/C14H21BrN2O2S/c1-2-11-5-7-17(8-6-11)20(18,19)14-9-12(10-16)3-4-13(14)15/h3-4,9,11H,2,5-8,10,16H2,1H3. The highest BCUT2D eigenvalue weighted by atomic mass is 79.9. The number of halogens is 1. The molecule has 0 spiro atoms. The molecule has 1 heterocycles. The molecule has 0 amide bonds. The van der Waals surface area contributed by atoms with E-state index >= 15 is 0 Å². The van der Waals surface area contributed by atoms with E-state index in [-0.39, 0.29) is 0 Å². The van der Waals surface area contributed by atoms with Gasteiger partial charge in [0.1, 0.15) is 0 Å². The highest BCUT2D eigenvalue weighted by molar-refractivity contribution is 9.10. The molecule has 1 aromatic carbocycles. The zero-order valence-electron chi connectivity index (χ0n) is 11.7. The van der Waals surface area contributed by atoms with Gasteiger partial charge in [-0.15, -0.1) is 0 Å². The number of benzene rings is 1. The van der Waals surface area contributed by atoms with Gasteiger partial charge in [-0.3, -0.25) is 0 Å². The molecule has 0 unspecified atom stereocenters. The van der Waals surface area contributed by atoms with Gasteiger partial charge in [-0.05, 0) is 52.4 Å². The van der Waals surface area contributed by atoms with Crippen LogP contribution < -0.4 is 5.73 Å². The SMILES string of the molecule is CCC1CCN(S(=O)(=O)c2cc(CN)ccc2Br)CC1. The van der Waals surface area contributed by atoms with Crippen molar-refractivity contribution in [2.45, 2.75) is 37.6 Å². The molecule has 0 aliphatic carbocycles. The van der Waals surface area contributed by atoms with Crippen molar-refractivity contribution in [3.63, 3.8) is 0 Å². The van der Waals surface area contributed by atoms with Crippen LogP contribution in [0, 0.1) is 5.92 Å². The summed E-state index contributed by atoms with van der Waals surface area (Å²) >= 11 is 3.34. The molecule has 112 valence electrons. The lowest BCUT2D eigenvalue weighted by Gasteiger charge is -2.31. The number of piperidine rings is 1. The molecule has 0 radical (unpaired) electrons. The molecule has 2 rings (SSSR count). The Hall–Kier alpha value is -0.430. The summed E-state index contributed by atoms with van der Waals surface area (Å²) in [5, 5.41) is 0. The van der Waals surface area contributed by atoms with E-state index in [9.17, 15) is 8.42 Å². The van der Waals surface area contributed by atoms with E-state index in [0.717, 1.165) is 24.8 Å². The van der Waals surface area contributed by atoms with Crippen LogP contribution in [0.3, 0.4) is 0 Å². The Morgan fingerprint density at radius 1 is 1.35 bits per heavy atom. The highest BCUT2D eigenvalue weighted by Crippen LogP contribution is 2.29. The minimum Gasteiger partial charge on any atom is -0.326 e. The molecule has 1 fully saturated rings. The van der Waals surface area contributed by atoms with Gasteiger partial charge in [0.05, 0.1) is 4.90 Å². The summed E-state index contributed by atoms with van der Waals surface area (Å²) in [5.41, 5.74) is 6.43. The van der Waals surface area contributed by atoms with E-state index < -0.39 is 10.0 Å². The van der Waals surface area contributed by atoms with Crippen molar-refractivity contribution >= 4 is 26.0 Å². The zero-order valence-corrected chi connectivity index (χ0v) is 14.1. The average molecular weight is 361 g/mol. The van der Waals surface area contributed by atoms with Gasteiger partial charge in [-0.1, -0.05) is 19.4 Å². The second kappa shape index (κ2) is 6.56. The number of sulfonamides is 1. The van der Waals surface area contributed by atoms with Gasteiger partial charge in [0, 0.05) is 24.1 Å². The van der Waals surface area contributed by atoms with Crippen molar-refractivity contribution < 1.29 is 8.42 Å². The quantitative estimate of drug-likeness (QED) is 0.897. The summed E-state index contributed by atoms with van der Waals surface area (Å²) in [7, 11) is -3.43. The maximum absolute atomic E-state index is 12.7. The molecule has 1 aliphatic heterocycles. The fourth-order valence-electron chi connectivity index (χ4n) is 2.57. The number of nitrogens with two attached hydrogens (primary N) is 1. The first-order valence-electron chi connectivity index (χ1n) is 6.97. The van der Waals surface area contributed by atoms with Crippen LogP contribution in [0.25, 0.3) is 0 Å². The fraction of sp³-hybridized carbons (Fsp3) is 0.571. The first-order chi connectivity index (χ1) is 9.48. The van der Waals surface area contributed by atoms with Gasteiger partial charge in [0.25, 0.3) is 0 Å². The van der Waals surface area contributed by atoms with Crippen molar-refractivity contribution in [1.82, 2.24) is 4.31 Å². The third-order valence-electron chi connectivity index (χ3n) is 4.00. The molecular weight excluding hydrogens is 340 g/mol. The molecule has 6 heteroatoms. The minimum absolute atomic E-state index is 0.329. The van der Waals surface area contributed by atoms with Crippen LogP contribution in [0.4, 0.5) is 0 Å². The Balaban J connectivity index is 2.27. The van der Waals surface area contributed by atoms with E-state index in [1.54, 1.807) is 16.4 Å². The third-order valence-corrected chi connectivity index (χ3v) is 6.89. The number of rotatable bonds is 4. The van der Waals surface area contributed by atoms with Gasteiger partial charge >= 0.3 is 0 Å². The smallest absolute Gasteiger partial charge is 0.244 e. The fourth-order valence-corrected chi connectivity index (χ4v) is 5.01. The molecule has 0 aromatic heterocycles. The first-order valence-corrected chi connectivity index (χ1v) is 9.21. The van der Waals surface area contributed by atoms with Crippen molar-refractivity contribution in [2.75, 3.05) is 13.1 Å². The predicted octanol–water partition coefficient (Wildman–Crippen LogP) is 2.72. The second-order valence-electron chi connectivity index (χ2n) is 5.22. The van der Waals surface area contributed by atoms with Crippen molar-refractivity contribution in [2.24, 2.45) is 11.7 Å². The number of nitrogens with zero attached hydrogens (tertiary/aromatic N) is 1. The van der Waals surface area contributed by atoms with Crippen LogP contribution in [-0.2, 0) is 16.6 Å². The normalized spacial score (nSPS) is 18.4. The molecule has 0 bridgehead atoms. The zero-order chi connectivity index (χ0) is 14.8. The van der Waals surface area contributed by atoms with Crippen LogP contribution in [0.5, 0.6) is 0 Å². The van der Waals surface area contributed by atoms with Crippen LogP contribution in [0.2, 0.25) is 0 Å². The van der Waals surface area contributed by atoms with E-state index in [2.05, 4.69) is 22.9 Å². The molecular formula is C14H21BrN2O2S. The van der Waals surface area contributed by atoms with Gasteiger partial charge in [-0.2, -0.15) is 4.31 Å². The number of hydrogen-bond donors (Lipinski definition) is 1. The maximum Gasteiger partial charge on any atom is 0.244 e. The molecule has 0 atom stereocenters. The second-order valence-corrected chi connectivity index (χ2v) is 7.99. The van der Waals surface area contributed by atoms with Gasteiger partial charge < -0.3 is 5.73 Å². The monoisotopic (exact) mass is 360 g/mol. The molecule has 4 nitrogen and oxygen atoms in total. The average Bonchev–Trinajstić information content (AvgIpc) is 2.47. The highest BCUT2D eigenvalue weighted by Gasteiger charge is 2.30. The van der Waals surface area contributed by atoms with Crippen molar-refractivity contribution in [1.29, 1.82) is 0 Å². The van der Waals surface area contributed by atoms with E-state index in [0.29, 0.717) is 34.9 Å². The van der Waals surface area contributed by atoms with Crippen LogP contribution in [0.1, 0.15) is 31.7 Å². The van der Waals surface area contributed by atoms with Crippen LogP contribution in [0.15, 0.2) is 27.6 Å². The van der Waals surface area contributed by atoms with Crippen molar-refractivity contribution in [3.8, 4) is 0 Å². The lowest BCUT2D eigenvalue weighted by molar-refractivity contribution is 0.269. The summed E-state index contributed by atoms with van der Waals surface area (Å²) in [4.78, 5) is 0.329. The maximum atomic E-state index is 12.7. The summed E-state index contributed by atoms with van der Waals surface area (Å²) in [6.07, 6.45) is 3.02. The van der Waals surface area contributed by atoms with Gasteiger partial charge in [-0.25, -0.2) is 8.42 Å². The van der Waals surface area contributed by atoms with Crippen LogP contribution >= 0.6 is 15.9 Å². The Morgan fingerprint density at radius 2 is 2.00 bits per heavy atom. The molecule has 20 heavy (non-hydrogen) atoms. The molecule has 2 N–H and O–H groups in total. The molecule has 1 aromatic rings. The first kappa shape index (κ1) is 15.9. The topological polar surface area (TPSA) is 63.4 Å². The number of hydrogen-bond acceptors (Lipinski definition) is 3. The summed E-state index contributed by atoms with van der Waals surface area (Å²) in [6, 6.07) is 5.27. The van der Waals surface area contributed by atoms with E-state index in [4.69, 9.17) is 5.73 Å².